The lowest BCUT2D eigenvalue weighted by molar-refractivity contribution is 1.57. The zero-order chi connectivity index (χ0) is 26.9. The monoisotopic (exact) mass is 495 g/mol. The predicted molar refractivity (Wildman–Crippen MR) is 183 cm³/mol. The van der Waals surface area contributed by atoms with Crippen molar-refractivity contribution >= 4 is 75.4 Å². The molecular weight excluding hydrogens is 466 g/mol. The van der Waals surface area contributed by atoms with Gasteiger partial charge in [0.2, 0.25) is 0 Å². The Morgan fingerprint density at radius 1 is 0.436 bits per heavy atom. The summed E-state index contributed by atoms with van der Waals surface area (Å²) in [5, 5.41) is 6.32. The molecule has 1 nitrogen and oxygen atoms in total. The average Bonchev–Trinajstić information content (AvgIpc) is 2.99. The Bertz CT molecular complexity index is 1810. The van der Waals surface area contributed by atoms with Crippen molar-refractivity contribution in [2.45, 2.75) is 0 Å². The lowest BCUT2D eigenvalue weighted by Gasteiger charge is -2.23. The van der Waals surface area contributed by atoms with E-state index in [1.165, 1.54) is 71.7 Å². The number of hydrogen-bond acceptors (Lipinski definition) is 1. The van der Waals surface area contributed by atoms with E-state index in [1.807, 2.05) is 0 Å². The van der Waals surface area contributed by atoms with Crippen molar-refractivity contribution in [2.75, 3.05) is 5.32 Å². The molecule has 0 aliphatic carbocycles. The van der Waals surface area contributed by atoms with Gasteiger partial charge in [-0.3, -0.25) is 0 Å². The normalized spacial score (nSPS) is 11.0. The van der Waals surface area contributed by atoms with Crippen molar-refractivity contribution in [3.63, 3.8) is 0 Å². The van der Waals surface area contributed by atoms with E-state index in [4.69, 9.17) is 0 Å². The summed E-state index contributed by atoms with van der Waals surface area (Å²) in [7, 11) is 8.98. The van der Waals surface area contributed by atoms with E-state index in [9.17, 15) is 0 Å². The van der Waals surface area contributed by atoms with Crippen LogP contribution in [0.15, 0.2) is 121 Å². The Balaban J connectivity index is 1.41. The summed E-state index contributed by atoms with van der Waals surface area (Å²) in [6.07, 6.45) is 0. The zero-order valence-electron chi connectivity index (χ0n) is 23.0. The van der Waals surface area contributed by atoms with Crippen LogP contribution in [0.3, 0.4) is 0 Å². The zero-order valence-corrected chi connectivity index (χ0v) is 23.0. The number of anilines is 2. The van der Waals surface area contributed by atoms with E-state index in [0.717, 1.165) is 5.69 Å². The van der Waals surface area contributed by atoms with Crippen LogP contribution in [0.5, 0.6) is 0 Å². The largest absolute Gasteiger partial charge is 0.356 e. The Hall–Kier alpha value is -4.36. The molecule has 182 valence electrons. The summed E-state index contributed by atoms with van der Waals surface area (Å²) in [5.41, 5.74) is 15.1. The molecule has 0 radical (unpaired) electrons. The number of nitrogens with one attached hydrogen (secondary N) is 1. The van der Waals surface area contributed by atoms with Crippen molar-refractivity contribution in [3.8, 4) is 33.4 Å². The maximum Gasteiger partial charge on any atom is 0.142 e. The number of hydrogen-bond donors (Lipinski definition) is 1. The van der Waals surface area contributed by atoms with Gasteiger partial charge in [0.1, 0.15) is 31.4 Å². The number of benzene rings is 6. The topological polar surface area (TPSA) is 12.0 Å². The van der Waals surface area contributed by atoms with Gasteiger partial charge in [0.15, 0.2) is 0 Å². The minimum atomic E-state index is 1.10. The van der Waals surface area contributed by atoms with E-state index >= 15 is 0 Å². The molecule has 6 aromatic rings. The van der Waals surface area contributed by atoms with Crippen LogP contribution in [0.25, 0.3) is 44.2 Å². The third-order valence-electron chi connectivity index (χ3n) is 8.14. The van der Waals surface area contributed by atoms with Gasteiger partial charge in [-0.05, 0) is 62.4 Å². The van der Waals surface area contributed by atoms with E-state index in [1.54, 1.807) is 0 Å². The van der Waals surface area contributed by atoms with Gasteiger partial charge in [-0.2, -0.15) is 0 Å². The quantitative estimate of drug-likeness (QED) is 0.363. The van der Waals surface area contributed by atoms with E-state index < -0.39 is 0 Å². The van der Waals surface area contributed by atoms with Crippen LogP contribution < -0.4 is 27.2 Å². The Morgan fingerprint density at radius 3 is 1.85 bits per heavy atom. The minimum Gasteiger partial charge on any atom is -0.356 e. The van der Waals surface area contributed by atoms with Crippen LogP contribution in [0, 0.1) is 0 Å². The fraction of sp³-hybridized carbons (Fsp3) is 0. The van der Waals surface area contributed by atoms with Gasteiger partial charge in [0.25, 0.3) is 0 Å². The third kappa shape index (κ3) is 4.70. The van der Waals surface area contributed by atoms with Gasteiger partial charge in [-0.1, -0.05) is 125 Å². The molecule has 0 spiro atoms. The fourth-order valence-corrected chi connectivity index (χ4v) is 5.80. The maximum absolute atomic E-state index is 3.77. The van der Waals surface area contributed by atoms with Crippen LogP contribution in [0.2, 0.25) is 0 Å². The first-order valence-electron chi connectivity index (χ1n) is 13.6. The van der Waals surface area contributed by atoms with E-state index in [-0.39, 0.29) is 0 Å². The number of rotatable bonds is 5. The molecule has 0 aliphatic rings. The molecule has 0 atom stereocenters. The summed E-state index contributed by atoms with van der Waals surface area (Å²) in [5.74, 6) is 0. The van der Waals surface area contributed by atoms with E-state index in [0.29, 0.717) is 0 Å². The van der Waals surface area contributed by atoms with Crippen molar-refractivity contribution < 1.29 is 0 Å². The molecule has 0 saturated heterocycles. The molecule has 6 rings (SSSR count). The van der Waals surface area contributed by atoms with Crippen LogP contribution >= 0.6 is 0 Å². The lowest BCUT2D eigenvalue weighted by Crippen LogP contribution is -2.46. The van der Waals surface area contributed by atoms with Gasteiger partial charge in [-0.25, -0.2) is 0 Å². The molecular formula is C34H29B4N. The SMILES string of the molecule is Bc1c(B)c(Nc2ccc(-c3ccccc3)cc2)c(B)c(-c2cccc(-c3cccc4ccccc34)c2)c1B. The van der Waals surface area contributed by atoms with Crippen LogP contribution in [-0.2, 0) is 0 Å². The summed E-state index contributed by atoms with van der Waals surface area (Å²) in [6.45, 7) is 0. The first-order chi connectivity index (χ1) is 19.0. The molecule has 1 N–H and O–H groups in total. The van der Waals surface area contributed by atoms with Gasteiger partial charge in [0, 0.05) is 11.4 Å². The second-order valence-electron chi connectivity index (χ2n) is 10.4. The second kappa shape index (κ2) is 10.4. The summed E-state index contributed by atoms with van der Waals surface area (Å²) in [4.78, 5) is 0. The molecule has 5 heteroatoms. The third-order valence-corrected chi connectivity index (χ3v) is 8.14. The molecule has 6 aromatic carbocycles. The Morgan fingerprint density at radius 2 is 1.05 bits per heavy atom. The summed E-state index contributed by atoms with van der Waals surface area (Å²) < 4.78 is 0. The standard InChI is InChI=1S/C34H29B4N/c35-30-29(25-13-6-12-24(20-25)28-15-7-11-23-10-4-5-14-27(23)28)31(36)34(33(38)32(30)37)39-26-18-16-22(17-19-26)21-8-2-1-3-9-21/h1-20,39H,35-38H2. The highest BCUT2D eigenvalue weighted by molar-refractivity contribution is 6.63. The Labute approximate surface area is 234 Å². The molecule has 0 bridgehead atoms. The first-order valence-corrected chi connectivity index (χ1v) is 13.6. The van der Waals surface area contributed by atoms with Gasteiger partial charge < -0.3 is 5.32 Å². The highest BCUT2D eigenvalue weighted by Gasteiger charge is 2.16. The second-order valence-corrected chi connectivity index (χ2v) is 10.4. The molecule has 0 amide bonds. The maximum atomic E-state index is 3.77. The smallest absolute Gasteiger partial charge is 0.142 e. The molecule has 39 heavy (non-hydrogen) atoms. The first kappa shape index (κ1) is 24.9. The molecule has 0 heterocycles. The number of fused-ring (bicyclic) bond motifs is 1. The fourth-order valence-electron chi connectivity index (χ4n) is 5.80. The molecule has 0 unspecified atom stereocenters. The van der Waals surface area contributed by atoms with Crippen LogP contribution in [-0.4, -0.2) is 31.4 Å². The van der Waals surface area contributed by atoms with Crippen molar-refractivity contribution in [1.29, 1.82) is 0 Å². The van der Waals surface area contributed by atoms with Gasteiger partial charge >= 0.3 is 0 Å². The molecule has 0 aliphatic heterocycles. The highest BCUT2D eigenvalue weighted by Crippen LogP contribution is 2.31. The van der Waals surface area contributed by atoms with E-state index in [2.05, 4.69) is 158 Å². The van der Waals surface area contributed by atoms with Gasteiger partial charge in [0.05, 0.1) is 0 Å². The summed E-state index contributed by atoms with van der Waals surface area (Å²) in [6, 6.07) is 43.5. The highest BCUT2D eigenvalue weighted by atomic mass is 14.9. The van der Waals surface area contributed by atoms with Crippen molar-refractivity contribution in [2.24, 2.45) is 0 Å². The lowest BCUT2D eigenvalue weighted by atomic mass is 9.64. The molecule has 0 aromatic heterocycles. The van der Waals surface area contributed by atoms with Crippen LogP contribution in [0.1, 0.15) is 0 Å². The van der Waals surface area contributed by atoms with Gasteiger partial charge in [-0.15, -0.1) is 0 Å². The molecule has 0 fully saturated rings. The van der Waals surface area contributed by atoms with Crippen molar-refractivity contribution in [1.82, 2.24) is 0 Å². The Kier molecular flexibility index (Phi) is 6.67. The molecule has 0 saturated carbocycles. The van der Waals surface area contributed by atoms with Crippen LogP contribution in [0.4, 0.5) is 11.4 Å². The predicted octanol–water partition coefficient (Wildman–Crippen LogP) is 2.62. The summed E-state index contributed by atoms with van der Waals surface area (Å²) >= 11 is 0. The average molecular weight is 495 g/mol. The minimum absolute atomic E-state index is 1.10. The van der Waals surface area contributed by atoms with Crippen molar-refractivity contribution in [3.05, 3.63) is 121 Å².